The van der Waals surface area contributed by atoms with E-state index in [9.17, 15) is 4.79 Å². The van der Waals surface area contributed by atoms with Crippen LogP contribution in [0, 0.1) is 0 Å². The highest BCUT2D eigenvalue weighted by Gasteiger charge is 2.07. The summed E-state index contributed by atoms with van der Waals surface area (Å²) in [6.07, 6.45) is 2.63. The minimum Gasteiger partial charge on any atom is -0.330 e. The van der Waals surface area contributed by atoms with Crippen molar-refractivity contribution in [3.05, 3.63) is 64.8 Å². The van der Waals surface area contributed by atoms with Crippen molar-refractivity contribution in [2.24, 2.45) is 5.73 Å². The minimum absolute atomic E-state index is 0. The molecule has 0 aliphatic rings. The van der Waals surface area contributed by atoms with E-state index in [1.807, 2.05) is 42.6 Å². The summed E-state index contributed by atoms with van der Waals surface area (Å²) in [6, 6.07) is 14.3. The van der Waals surface area contributed by atoms with Crippen LogP contribution in [0.15, 0.2) is 54.7 Å². The van der Waals surface area contributed by atoms with Gasteiger partial charge in [0.15, 0.2) is 0 Å². The number of rotatable bonds is 5. The molecule has 0 atom stereocenters. The van der Waals surface area contributed by atoms with Crippen LogP contribution in [0.1, 0.15) is 5.01 Å². The molecule has 0 saturated carbocycles. The molecule has 26 heavy (non-hydrogen) atoms. The van der Waals surface area contributed by atoms with Crippen molar-refractivity contribution in [1.82, 2.24) is 4.98 Å². The third-order valence-electron chi connectivity index (χ3n) is 3.46. The Hall–Kier alpha value is -2.12. The van der Waals surface area contributed by atoms with Gasteiger partial charge in [0, 0.05) is 18.3 Å². The maximum atomic E-state index is 12.1. The first-order valence-electron chi connectivity index (χ1n) is 7.73. The zero-order chi connectivity index (χ0) is 17.6. The number of benzene rings is 2. The number of amides is 2. The second-order valence-corrected chi connectivity index (χ2v) is 6.82. The topological polar surface area (TPSA) is 80.0 Å². The first-order chi connectivity index (χ1) is 12.2. The number of para-hydroxylation sites is 1. The minimum atomic E-state index is -0.344. The number of thiazole rings is 1. The number of nitrogens with two attached hydrogens (primary N) is 1. The van der Waals surface area contributed by atoms with Gasteiger partial charge >= 0.3 is 6.03 Å². The van der Waals surface area contributed by atoms with E-state index in [1.165, 1.54) is 0 Å². The molecule has 1 aromatic heterocycles. The van der Waals surface area contributed by atoms with E-state index >= 15 is 0 Å². The predicted octanol–water partition coefficient (Wildman–Crippen LogP) is 5.03. The lowest BCUT2D eigenvalue weighted by Crippen LogP contribution is -2.19. The van der Waals surface area contributed by atoms with Gasteiger partial charge in [-0.2, -0.15) is 0 Å². The van der Waals surface area contributed by atoms with Gasteiger partial charge < -0.3 is 16.4 Å². The summed E-state index contributed by atoms with van der Waals surface area (Å²) in [5.41, 5.74) is 7.86. The van der Waals surface area contributed by atoms with Crippen LogP contribution in [0.3, 0.4) is 0 Å². The first kappa shape index (κ1) is 20.2. The number of urea groups is 1. The molecule has 2 aromatic carbocycles. The quantitative estimate of drug-likeness (QED) is 0.553. The van der Waals surface area contributed by atoms with E-state index < -0.39 is 0 Å². The summed E-state index contributed by atoms with van der Waals surface area (Å²) >= 11 is 7.66. The standard InChI is InChI=1S/C18H17ClN4OS.ClH/c19-14-3-1-2-4-15(14)23-18(24)22-13-7-5-12(6-8-13)16-11-21-17(25-16)9-10-20;/h1-8,11H,9-10,20H2,(H2,22,23,24);1H. The van der Waals surface area contributed by atoms with E-state index in [0.717, 1.165) is 21.9 Å². The van der Waals surface area contributed by atoms with Crippen LogP contribution in [0.4, 0.5) is 16.2 Å². The molecule has 2 amide bonds. The van der Waals surface area contributed by atoms with Gasteiger partial charge in [0.2, 0.25) is 0 Å². The molecular weight excluding hydrogens is 391 g/mol. The van der Waals surface area contributed by atoms with Crippen LogP contribution in [-0.2, 0) is 6.42 Å². The van der Waals surface area contributed by atoms with Gasteiger partial charge in [0.25, 0.3) is 0 Å². The molecule has 0 spiro atoms. The molecule has 5 nitrogen and oxygen atoms in total. The Morgan fingerprint density at radius 3 is 2.54 bits per heavy atom. The van der Waals surface area contributed by atoms with Crippen molar-refractivity contribution in [3.63, 3.8) is 0 Å². The highest BCUT2D eigenvalue weighted by Crippen LogP contribution is 2.27. The Morgan fingerprint density at radius 1 is 1.12 bits per heavy atom. The first-order valence-corrected chi connectivity index (χ1v) is 8.93. The van der Waals surface area contributed by atoms with Crippen molar-refractivity contribution < 1.29 is 4.79 Å². The maximum Gasteiger partial charge on any atom is 0.323 e. The van der Waals surface area contributed by atoms with E-state index in [-0.39, 0.29) is 18.4 Å². The molecule has 3 rings (SSSR count). The van der Waals surface area contributed by atoms with Crippen LogP contribution in [0.2, 0.25) is 5.02 Å². The number of halogens is 2. The predicted molar refractivity (Wildman–Crippen MR) is 112 cm³/mol. The lowest BCUT2D eigenvalue weighted by atomic mass is 10.2. The Kier molecular flexibility index (Phi) is 7.41. The molecule has 0 aliphatic carbocycles. The molecule has 3 aromatic rings. The molecule has 4 N–H and O–H groups in total. The number of aromatic nitrogens is 1. The number of carbonyl (C=O) groups excluding carboxylic acids is 1. The zero-order valence-electron chi connectivity index (χ0n) is 13.7. The highest BCUT2D eigenvalue weighted by molar-refractivity contribution is 7.15. The average Bonchev–Trinajstić information content (AvgIpc) is 3.07. The molecule has 0 unspecified atom stereocenters. The van der Waals surface area contributed by atoms with Gasteiger partial charge in [-0.05, 0) is 36.4 Å². The maximum absolute atomic E-state index is 12.1. The molecule has 0 radical (unpaired) electrons. The van der Waals surface area contributed by atoms with Crippen LogP contribution in [0.25, 0.3) is 10.4 Å². The number of hydrogen-bond donors (Lipinski definition) is 3. The van der Waals surface area contributed by atoms with Crippen molar-refractivity contribution in [3.8, 4) is 10.4 Å². The molecule has 136 valence electrons. The van der Waals surface area contributed by atoms with Crippen molar-refractivity contribution >= 4 is 52.8 Å². The molecule has 0 bridgehead atoms. The van der Waals surface area contributed by atoms with Gasteiger partial charge in [-0.15, -0.1) is 23.7 Å². The van der Waals surface area contributed by atoms with Gasteiger partial charge in [-0.1, -0.05) is 35.9 Å². The van der Waals surface area contributed by atoms with E-state index in [2.05, 4.69) is 15.6 Å². The van der Waals surface area contributed by atoms with Crippen LogP contribution in [-0.4, -0.2) is 17.6 Å². The van der Waals surface area contributed by atoms with E-state index in [0.29, 0.717) is 22.9 Å². The monoisotopic (exact) mass is 408 g/mol. The normalized spacial score (nSPS) is 10.1. The number of anilines is 2. The molecule has 0 fully saturated rings. The Balaban J connectivity index is 0.00000243. The number of nitrogens with zero attached hydrogens (tertiary/aromatic N) is 1. The van der Waals surface area contributed by atoms with Crippen molar-refractivity contribution in [2.75, 3.05) is 17.2 Å². The number of hydrogen-bond acceptors (Lipinski definition) is 4. The van der Waals surface area contributed by atoms with Crippen molar-refractivity contribution in [1.29, 1.82) is 0 Å². The molecule has 0 aliphatic heterocycles. The van der Waals surface area contributed by atoms with Crippen molar-refractivity contribution in [2.45, 2.75) is 6.42 Å². The third-order valence-corrected chi connectivity index (χ3v) is 4.90. The van der Waals surface area contributed by atoms with Gasteiger partial charge in [0.05, 0.1) is 20.6 Å². The second-order valence-electron chi connectivity index (χ2n) is 5.29. The van der Waals surface area contributed by atoms with E-state index in [4.69, 9.17) is 17.3 Å². The Labute approximate surface area is 167 Å². The lowest BCUT2D eigenvalue weighted by Gasteiger charge is -2.09. The molecule has 8 heteroatoms. The average molecular weight is 409 g/mol. The number of carbonyl (C=O) groups is 1. The summed E-state index contributed by atoms with van der Waals surface area (Å²) in [5, 5.41) is 7.02. The SMILES string of the molecule is Cl.NCCc1ncc(-c2ccc(NC(=O)Nc3ccccc3Cl)cc2)s1. The molecule has 0 saturated heterocycles. The zero-order valence-corrected chi connectivity index (χ0v) is 16.1. The Morgan fingerprint density at radius 2 is 1.85 bits per heavy atom. The summed E-state index contributed by atoms with van der Waals surface area (Å²) in [4.78, 5) is 17.5. The van der Waals surface area contributed by atoms with Crippen LogP contribution in [0.5, 0.6) is 0 Å². The van der Waals surface area contributed by atoms with Gasteiger partial charge in [0.1, 0.15) is 0 Å². The molecular formula is C18H18Cl2N4OS. The fraction of sp³-hybridized carbons (Fsp3) is 0.111. The van der Waals surface area contributed by atoms with Gasteiger partial charge in [-0.3, -0.25) is 0 Å². The molecule has 1 heterocycles. The highest BCUT2D eigenvalue weighted by atomic mass is 35.5. The largest absolute Gasteiger partial charge is 0.330 e. The van der Waals surface area contributed by atoms with Crippen LogP contribution < -0.4 is 16.4 Å². The summed E-state index contributed by atoms with van der Waals surface area (Å²) in [7, 11) is 0. The lowest BCUT2D eigenvalue weighted by molar-refractivity contribution is 0.262. The fourth-order valence-electron chi connectivity index (χ4n) is 2.25. The van der Waals surface area contributed by atoms with Gasteiger partial charge in [-0.25, -0.2) is 9.78 Å². The summed E-state index contributed by atoms with van der Waals surface area (Å²) in [6.45, 7) is 0.594. The third kappa shape index (κ3) is 5.19. The van der Waals surface area contributed by atoms with E-state index in [1.54, 1.807) is 23.5 Å². The second kappa shape index (κ2) is 9.54. The fourth-order valence-corrected chi connectivity index (χ4v) is 3.37. The number of nitrogens with one attached hydrogen (secondary N) is 2. The summed E-state index contributed by atoms with van der Waals surface area (Å²) in [5.74, 6) is 0. The summed E-state index contributed by atoms with van der Waals surface area (Å²) < 4.78 is 0. The van der Waals surface area contributed by atoms with Crippen LogP contribution >= 0.6 is 35.3 Å². The Bertz CT molecular complexity index is 868. The smallest absolute Gasteiger partial charge is 0.323 e.